The van der Waals surface area contributed by atoms with Crippen LogP contribution in [0.2, 0.25) is 0 Å². The van der Waals surface area contributed by atoms with E-state index in [9.17, 15) is 0 Å². The Morgan fingerprint density at radius 1 is 1.33 bits per heavy atom. The second-order valence-electron chi connectivity index (χ2n) is 4.38. The predicted molar refractivity (Wildman–Crippen MR) is 61.8 cm³/mol. The summed E-state index contributed by atoms with van der Waals surface area (Å²) in [6.45, 7) is 2.05. The zero-order chi connectivity index (χ0) is 10.4. The summed E-state index contributed by atoms with van der Waals surface area (Å²) in [6, 6.07) is 10.8. The number of fused-ring (bicyclic) bond motifs is 1. The smallest absolute Gasteiger partial charge is 0.0708 e. The zero-order valence-electron chi connectivity index (χ0n) is 8.77. The van der Waals surface area contributed by atoms with Gasteiger partial charge in [-0.25, -0.2) is 0 Å². The third kappa shape index (κ3) is 1.41. The van der Waals surface area contributed by atoms with Gasteiger partial charge >= 0.3 is 0 Å². The van der Waals surface area contributed by atoms with E-state index in [0.717, 1.165) is 17.6 Å². The number of nitrogens with two attached hydrogens (primary N) is 1. The van der Waals surface area contributed by atoms with Gasteiger partial charge in [0.2, 0.25) is 0 Å². The molecule has 15 heavy (non-hydrogen) atoms. The summed E-state index contributed by atoms with van der Waals surface area (Å²) in [6.07, 6.45) is 1.12. The maximum Gasteiger partial charge on any atom is 0.0708 e. The minimum absolute atomic E-state index is 0.357. The lowest BCUT2D eigenvalue weighted by Gasteiger charge is -2.06. The number of rotatable bonds is 1. The van der Waals surface area contributed by atoms with E-state index in [4.69, 9.17) is 5.73 Å². The first-order valence-corrected chi connectivity index (χ1v) is 5.37. The second-order valence-corrected chi connectivity index (χ2v) is 4.38. The largest absolute Gasteiger partial charge is 0.327 e. The molecule has 0 spiro atoms. The number of aryl methyl sites for hydroxylation is 1. The van der Waals surface area contributed by atoms with Crippen LogP contribution in [-0.2, 0) is 0 Å². The van der Waals surface area contributed by atoms with Gasteiger partial charge in [-0.1, -0.05) is 18.2 Å². The van der Waals surface area contributed by atoms with E-state index >= 15 is 0 Å². The van der Waals surface area contributed by atoms with Gasteiger partial charge in [-0.2, -0.15) is 0 Å². The van der Waals surface area contributed by atoms with Crippen molar-refractivity contribution in [1.29, 1.82) is 0 Å². The number of hydrogen-bond donors (Lipinski definition) is 1. The standard InChI is InChI=1S/C13H14N2/c1-8-6-10(11-7-12(11)14)9-4-2-3-5-13(9)15-8/h2-6,11-12H,7,14H2,1H3/t11-,12+/m0/s1. The Hall–Kier alpha value is -1.41. The van der Waals surface area contributed by atoms with Gasteiger partial charge in [-0.15, -0.1) is 0 Å². The molecule has 0 bridgehead atoms. The summed E-state index contributed by atoms with van der Waals surface area (Å²) in [4.78, 5) is 4.53. The van der Waals surface area contributed by atoms with Crippen molar-refractivity contribution in [3.05, 3.63) is 41.6 Å². The summed E-state index contributed by atoms with van der Waals surface area (Å²) in [5.41, 5.74) is 9.47. The SMILES string of the molecule is Cc1cc([C@@H]2C[C@H]2N)c2ccccc2n1. The van der Waals surface area contributed by atoms with Crippen molar-refractivity contribution in [3.8, 4) is 0 Å². The molecule has 1 aromatic heterocycles. The van der Waals surface area contributed by atoms with Crippen LogP contribution in [0.4, 0.5) is 0 Å². The first-order valence-electron chi connectivity index (χ1n) is 5.37. The molecule has 0 radical (unpaired) electrons. The minimum Gasteiger partial charge on any atom is -0.327 e. The van der Waals surface area contributed by atoms with Crippen LogP contribution in [0, 0.1) is 6.92 Å². The Bertz CT molecular complexity index is 519. The topological polar surface area (TPSA) is 38.9 Å². The third-order valence-electron chi connectivity index (χ3n) is 3.12. The van der Waals surface area contributed by atoms with Crippen LogP contribution >= 0.6 is 0 Å². The highest BCUT2D eigenvalue weighted by molar-refractivity contribution is 5.83. The molecule has 0 amide bonds. The van der Waals surface area contributed by atoms with Crippen LogP contribution in [-0.4, -0.2) is 11.0 Å². The second kappa shape index (κ2) is 3.04. The average molecular weight is 198 g/mol. The average Bonchev–Trinajstić information content (AvgIpc) is 2.94. The highest BCUT2D eigenvalue weighted by atomic mass is 14.8. The third-order valence-corrected chi connectivity index (χ3v) is 3.12. The maximum absolute atomic E-state index is 5.92. The Morgan fingerprint density at radius 2 is 2.07 bits per heavy atom. The fourth-order valence-electron chi connectivity index (χ4n) is 2.22. The lowest BCUT2D eigenvalue weighted by molar-refractivity contribution is 0.992. The van der Waals surface area contributed by atoms with Crippen LogP contribution in [0.1, 0.15) is 23.6 Å². The number of nitrogens with zero attached hydrogens (tertiary/aromatic N) is 1. The molecular weight excluding hydrogens is 184 g/mol. The zero-order valence-corrected chi connectivity index (χ0v) is 8.77. The van der Waals surface area contributed by atoms with Crippen molar-refractivity contribution in [2.45, 2.75) is 25.3 Å². The molecule has 2 atom stereocenters. The van der Waals surface area contributed by atoms with Crippen LogP contribution in [0.3, 0.4) is 0 Å². The van der Waals surface area contributed by atoms with E-state index in [-0.39, 0.29) is 0 Å². The van der Waals surface area contributed by atoms with Crippen LogP contribution < -0.4 is 5.73 Å². The molecule has 0 unspecified atom stereocenters. The number of aromatic nitrogens is 1. The van der Waals surface area contributed by atoms with Crippen molar-refractivity contribution >= 4 is 10.9 Å². The molecule has 76 valence electrons. The minimum atomic E-state index is 0.357. The summed E-state index contributed by atoms with van der Waals surface area (Å²) in [5, 5.41) is 1.26. The van der Waals surface area contributed by atoms with Crippen molar-refractivity contribution in [3.63, 3.8) is 0 Å². The molecule has 2 aromatic rings. The van der Waals surface area contributed by atoms with Gasteiger partial charge in [0.05, 0.1) is 5.52 Å². The van der Waals surface area contributed by atoms with Crippen molar-refractivity contribution < 1.29 is 0 Å². The van der Waals surface area contributed by atoms with Gasteiger partial charge in [0.25, 0.3) is 0 Å². The highest BCUT2D eigenvalue weighted by Gasteiger charge is 2.36. The first-order chi connectivity index (χ1) is 7.25. The molecule has 3 rings (SSSR count). The normalized spacial score (nSPS) is 24.4. The summed E-state index contributed by atoms with van der Waals surface area (Å²) in [7, 11) is 0. The van der Waals surface area contributed by atoms with E-state index in [1.54, 1.807) is 0 Å². The lowest BCUT2D eigenvalue weighted by Crippen LogP contribution is -2.02. The van der Waals surface area contributed by atoms with Gasteiger partial charge in [-0.3, -0.25) is 4.98 Å². The van der Waals surface area contributed by atoms with E-state index in [1.165, 1.54) is 10.9 Å². The monoisotopic (exact) mass is 198 g/mol. The number of hydrogen-bond acceptors (Lipinski definition) is 2. The fourth-order valence-corrected chi connectivity index (χ4v) is 2.22. The Labute approximate surface area is 89.1 Å². The van der Waals surface area contributed by atoms with Gasteiger partial charge in [0.1, 0.15) is 0 Å². The van der Waals surface area contributed by atoms with Crippen LogP contribution in [0.5, 0.6) is 0 Å². The van der Waals surface area contributed by atoms with E-state index < -0.39 is 0 Å². The summed E-state index contributed by atoms with van der Waals surface area (Å²) < 4.78 is 0. The number of pyridine rings is 1. The van der Waals surface area contributed by atoms with Crippen molar-refractivity contribution in [2.75, 3.05) is 0 Å². The van der Waals surface area contributed by atoms with Crippen LogP contribution in [0.25, 0.3) is 10.9 Å². The number of para-hydroxylation sites is 1. The highest BCUT2D eigenvalue weighted by Crippen LogP contribution is 2.41. The summed E-state index contributed by atoms with van der Waals surface area (Å²) >= 11 is 0. The van der Waals surface area contributed by atoms with Crippen molar-refractivity contribution in [2.24, 2.45) is 5.73 Å². The molecule has 2 N–H and O–H groups in total. The van der Waals surface area contributed by atoms with Gasteiger partial charge in [0, 0.05) is 23.0 Å². The van der Waals surface area contributed by atoms with Crippen molar-refractivity contribution in [1.82, 2.24) is 4.98 Å². The van der Waals surface area contributed by atoms with Gasteiger partial charge in [0.15, 0.2) is 0 Å². The molecular formula is C13H14N2. The molecule has 1 aliphatic rings. The molecule has 1 saturated carbocycles. The molecule has 2 nitrogen and oxygen atoms in total. The quantitative estimate of drug-likeness (QED) is 0.764. The summed E-state index contributed by atoms with van der Waals surface area (Å²) in [5.74, 6) is 0.552. The molecule has 1 fully saturated rings. The maximum atomic E-state index is 5.92. The van der Waals surface area contributed by atoms with Gasteiger partial charge < -0.3 is 5.73 Å². The first kappa shape index (κ1) is 8.86. The molecule has 1 heterocycles. The molecule has 0 aliphatic heterocycles. The fraction of sp³-hybridized carbons (Fsp3) is 0.308. The lowest BCUT2D eigenvalue weighted by atomic mass is 10.0. The molecule has 1 aliphatic carbocycles. The van der Waals surface area contributed by atoms with Gasteiger partial charge in [-0.05, 0) is 31.0 Å². The van der Waals surface area contributed by atoms with E-state index in [0.29, 0.717) is 12.0 Å². The Kier molecular flexibility index (Phi) is 1.80. The Balaban J connectivity index is 2.26. The predicted octanol–water partition coefficient (Wildman–Crippen LogP) is 2.36. The molecule has 1 aromatic carbocycles. The number of benzene rings is 1. The van der Waals surface area contributed by atoms with E-state index in [2.05, 4.69) is 29.2 Å². The molecule has 2 heteroatoms. The van der Waals surface area contributed by atoms with E-state index in [1.807, 2.05) is 13.0 Å². The van der Waals surface area contributed by atoms with Crippen LogP contribution in [0.15, 0.2) is 30.3 Å². The molecule has 0 saturated heterocycles. The Morgan fingerprint density at radius 3 is 2.80 bits per heavy atom.